The summed E-state index contributed by atoms with van der Waals surface area (Å²) >= 11 is 0. The van der Waals surface area contributed by atoms with E-state index in [1.165, 1.54) is 0 Å². The summed E-state index contributed by atoms with van der Waals surface area (Å²) in [4.78, 5) is 17.5. The summed E-state index contributed by atoms with van der Waals surface area (Å²) in [6, 6.07) is 15.6. The van der Waals surface area contributed by atoms with Gasteiger partial charge in [-0.3, -0.25) is 9.20 Å². The number of benzene rings is 2. The first-order valence-corrected chi connectivity index (χ1v) is 9.27. The minimum atomic E-state index is -4.45. The predicted molar refractivity (Wildman–Crippen MR) is 109 cm³/mol. The molecule has 2 heterocycles. The first-order chi connectivity index (χ1) is 14.2. The number of alkyl halides is 3. The summed E-state index contributed by atoms with van der Waals surface area (Å²) in [6.45, 7) is 3.96. The van der Waals surface area contributed by atoms with E-state index >= 15 is 0 Å². The van der Waals surface area contributed by atoms with Crippen LogP contribution >= 0.6 is 0 Å². The van der Waals surface area contributed by atoms with Gasteiger partial charge in [0.1, 0.15) is 17.2 Å². The Morgan fingerprint density at radius 3 is 2.27 bits per heavy atom. The van der Waals surface area contributed by atoms with Gasteiger partial charge in [0, 0.05) is 17.3 Å². The number of nitrogens with one attached hydrogen (secondary N) is 1. The van der Waals surface area contributed by atoms with Gasteiger partial charge in [-0.25, -0.2) is 4.98 Å². The van der Waals surface area contributed by atoms with Crippen molar-refractivity contribution in [2.24, 2.45) is 0 Å². The smallest absolute Gasteiger partial charge is 0.306 e. The maximum Gasteiger partial charge on any atom is 0.416 e. The van der Waals surface area contributed by atoms with Crippen molar-refractivity contribution in [1.82, 2.24) is 9.38 Å². The second-order valence-corrected chi connectivity index (χ2v) is 7.14. The lowest BCUT2D eigenvalue weighted by atomic mass is 10.0. The third kappa shape index (κ3) is 3.78. The van der Waals surface area contributed by atoms with E-state index in [4.69, 9.17) is 0 Å². The molecule has 4 aromatic rings. The van der Waals surface area contributed by atoms with Crippen molar-refractivity contribution in [1.29, 1.82) is 0 Å². The van der Waals surface area contributed by atoms with Gasteiger partial charge in [0.2, 0.25) is 0 Å². The first kappa shape index (κ1) is 19.7. The number of aromatic nitrogens is 2. The number of carbonyl (C=O) groups excluding carboxylic acids is 1. The first-order valence-electron chi connectivity index (χ1n) is 9.27. The van der Waals surface area contributed by atoms with Crippen molar-refractivity contribution in [2.75, 3.05) is 5.32 Å². The van der Waals surface area contributed by atoms with Crippen LogP contribution in [0.15, 0.2) is 66.9 Å². The molecule has 1 N–H and O–H groups in total. The number of halogens is 3. The molecule has 7 heteroatoms. The topological polar surface area (TPSA) is 46.4 Å². The van der Waals surface area contributed by atoms with Gasteiger partial charge in [0.15, 0.2) is 0 Å². The van der Waals surface area contributed by atoms with Crippen molar-refractivity contribution in [2.45, 2.75) is 20.0 Å². The molecule has 0 unspecified atom stereocenters. The molecule has 0 aliphatic heterocycles. The van der Waals surface area contributed by atoms with E-state index in [1.54, 1.807) is 10.6 Å². The van der Waals surface area contributed by atoms with Gasteiger partial charge in [-0.2, -0.15) is 13.2 Å². The van der Waals surface area contributed by atoms with Crippen LogP contribution in [0.3, 0.4) is 0 Å². The quantitative estimate of drug-likeness (QED) is 0.459. The Balaban J connectivity index is 1.75. The number of pyridine rings is 1. The van der Waals surface area contributed by atoms with E-state index in [0.717, 1.165) is 41.0 Å². The Morgan fingerprint density at radius 1 is 0.967 bits per heavy atom. The second kappa shape index (κ2) is 7.33. The maximum absolute atomic E-state index is 12.8. The molecule has 4 rings (SSSR count). The van der Waals surface area contributed by atoms with Crippen LogP contribution in [-0.4, -0.2) is 15.3 Å². The zero-order valence-corrected chi connectivity index (χ0v) is 16.3. The number of rotatable bonds is 3. The van der Waals surface area contributed by atoms with E-state index in [0.29, 0.717) is 17.2 Å². The van der Waals surface area contributed by atoms with Crippen molar-refractivity contribution in [3.05, 3.63) is 89.1 Å². The highest BCUT2D eigenvalue weighted by Gasteiger charge is 2.30. The molecule has 0 atom stereocenters. The molecule has 0 spiro atoms. The molecule has 2 aromatic carbocycles. The zero-order chi connectivity index (χ0) is 21.5. The van der Waals surface area contributed by atoms with E-state index in [9.17, 15) is 18.0 Å². The third-order valence-corrected chi connectivity index (χ3v) is 4.73. The van der Waals surface area contributed by atoms with Gasteiger partial charge in [-0.05, 0) is 62.4 Å². The Bertz CT molecular complexity index is 1220. The van der Waals surface area contributed by atoms with Gasteiger partial charge in [-0.1, -0.05) is 23.3 Å². The molecule has 0 aliphatic carbocycles. The normalized spacial score (nSPS) is 11.6. The van der Waals surface area contributed by atoms with Gasteiger partial charge >= 0.3 is 6.18 Å². The number of amides is 1. The third-order valence-electron chi connectivity index (χ3n) is 4.73. The van der Waals surface area contributed by atoms with Gasteiger partial charge < -0.3 is 5.32 Å². The van der Waals surface area contributed by atoms with E-state index in [1.807, 2.05) is 50.2 Å². The molecular formula is C23H18F3N3O. The highest BCUT2D eigenvalue weighted by atomic mass is 19.4. The minimum absolute atomic E-state index is 0.125. The average Bonchev–Trinajstić information content (AvgIpc) is 3.05. The highest BCUT2D eigenvalue weighted by Crippen LogP contribution is 2.31. The molecule has 0 saturated carbocycles. The summed E-state index contributed by atoms with van der Waals surface area (Å²) in [5.74, 6) is -0.0551. The molecule has 2 aromatic heterocycles. The molecule has 152 valence electrons. The molecule has 4 nitrogen and oxygen atoms in total. The summed E-state index contributed by atoms with van der Waals surface area (Å²) in [5.41, 5.74) is 3.52. The number of imidazole rings is 1. The molecule has 0 bridgehead atoms. The van der Waals surface area contributed by atoms with Crippen LogP contribution in [0.1, 0.15) is 27.0 Å². The fraction of sp³-hybridized carbons (Fsp3) is 0.130. The van der Waals surface area contributed by atoms with Crippen molar-refractivity contribution in [3.63, 3.8) is 0 Å². The van der Waals surface area contributed by atoms with Crippen LogP contribution in [0, 0.1) is 13.8 Å². The lowest BCUT2D eigenvalue weighted by molar-refractivity contribution is -0.137. The average molecular weight is 409 g/mol. The molecule has 0 saturated heterocycles. The number of hydrogen-bond acceptors (Lipinski definition) is 2. The molecule has 0 radical (unpaired) electrons. The van der Waals surface area contributed by atoms with Crippen LogP contribution in [-0.2, 0) is 6.18 Å². The summed E-state index contributed by atoms with van der Waals surface area (Å²) in [7, 11) is 0. The Hall–Kier alpha value is -3.61. The molecule has 0 fully saturated rings. The molecule has 30 heavy (non-hydrogen) atoms. The second-order valence-electron chi connectivity index (χ2n) is 7.14. The van der Waals surface area contributed by atoms with E-state index < -0.39 is 17.6 Å². The van der Waals surface area contributed by atoms with E-state index in [-0.39, 0.29) is 5.56 Å². The monoisotopic (exact) mass is 409 g/mol. The number of hydrogen-bond donors (Lipinski definition) is 1. The molecular weight excluding hydrogens is 391 g/mol. The van der Waals surface area contributed by atoms with Crippen LogP contribution in [0.2, 0.25) is 0 Å². The van der Waals surface area contributed by atoms with Gasteiger partial charge in [0.25, 0.3) is 5.91 Å². The lowest BCUT2D eigenvalue weighted by Crippen LogP contribution is -2.14. The van der Waals surface area contributed by atoms with Crippen LogP contribution < -0.4 is 5.32 Å². The van der Waals surface area contributed by atoms with Crippen molar-refractivity contribution < 1.29 is 18.0 Å². The molecule has 0 aliphatic rings. The van der Waals surface area contributed by atoms with Crippen LogP contribution in [0.4, 0.5) is 19.0 Å². The SMILES string of the molecule is Cc1cc(C)cc(-c2nc3ccccn3c2NC(=O)c2ccc(C(F)(F)F)cc2)c1. The fourth-order valence-electron chi connectivity index (χ4n) is 3.42. The fourth-order valence-corrected chi connectivity index (χ4v) is 3.42. The Morgan fingerprint density at radius 2 is 1.63 bits per heavy atom. The number of fused-ring (bicyclic) bond motifs is 1. The zero-order valence-electron chi connectivity index (χ0n) is 16.3. The molecule has 1 amide bonds. The van der Waals surface area contributed by atoms with E-state index in [2.05, 4.69) is 10.3 Å². The minimum Gasteiger partial charge on any atom is -0.306 e. The Labute approximate surface area is 171 Å². The predicted octanol–water partition coefficient (Wildman–Crippen LogP) is 5.89. The summed E-state index contributed by atoms with van der Waals surface area (Å²) in [5, 5.41) is 2.83. The number of aryl methyl sites for hydroxylation is 2. The largest absolute Gasteiger partial charge is 0.416 e. The number of anilines is 1. The number of carbonyl (C=O) groups is 1. The highest BCUT2D eigenvalue weighted by molar-refractivity contribution is 6.05. The standard InChI is InChI=1S/C23H18F3N3O/c1-14-11-15(2)13-17(12-14)20-21(29-10-4-3-5-19(29)27-20)28-22(30)16-6-8-18(9-7-16)23(24,25)26/h3-13H,1-2H3,(H,28,30). The Kier molecular flexibility index (Phi) is 4.81. The summed E-state index contributed by atoms with van der Waals surface area (Å²) in [6.07, 6.45) is -2.68. The number of nitrogens with zero attached hydrogens (tertiary/aromatic N) is 2. The maximum atomic E-state index is 12.8. The van der Waals surface area contributed by atoms with Gasteiger partial charge in [0.05, 0.1) is 5.56 Å². The van der Waals surface area contributed by atoms with Crippen LogP contribution in [0.5, 0.6) is 0 Å². The lowest BCUT2D eigenvalue weighted by Gasteiger charge is -2.10. The van der Waals surface area contributed by atoms with Crippen molar-refractivity contribution >= 4 is 17.4 Å². The van der Waals surface area contributed by atoms with Crippen molar-refractivity contribution in [3.8, 4) is 11.3 Å². The summed E-state index contributed by atoms with van der Waals surface area (Å²) < 4.78 is 40.1. The van der Waals surface area contributed by atoms with Gasteiger partial charge in [-0.15, -0.1) is 0 Å². The van der Waals surface area contributed by atoms with Crippen LogP contribution in [0.25, 0.3) is 16.9 Å².